The molecule has 51 heavy (non-hydrogen) atoms. The van der Waals surface area contributed by atoms with Gasteiger partial charge in [0.15, 0.2) is 5.67 Å². The van der Waals surface area contributed by atoms with Gasteiger partial charge >= 0.3 is 5.97 Å². The highest BCUT2D eigenvalue weighted by Crippen LogP contribution is 2.41. The van der Waals surface area contributed by atoms with E-state index in [-0.39, 0.29) is 44.7 Å². The average molecular weight is 747 g/mol. The molecule has 3 atom stereocenters. The maximum Gasteiger partial charge on any atom is 0.303 e. The fourth-order valence-corrected chi connectivity index (χ4v) is 8.49. The highest BCUT2D eigenvalue weighted by atomic mass is 32.2. The molecule has 0 radical (unpaired) electrons. The van der Waals surface area contributed by atoms with Gasteiger partial charge in [-0.1, -0.05) is 75.6 Å². The van der Waals surface area contributed by atoms with Crippen molar-refractivity contribution in [1.29, 1.82) is 0 Å². The Balaban J connectivity index is 1.28. The molecule has 4 rings (SSSR count). The first-order valence-corrected chi connectivity index (χ1v) is 20.3. The summed E-state index contributed by atoms with van der Waals surface area (Å²) in [4.78, 5) is 57.9. The van der Waals surface area contributed by atoms with E-state index in [1.54, 1.807) is 23.1 Å². The van der Waals surface area contributed by atoms with Gasteiger partial charge in [0.1, 0.15) is 12.1 Å². The Bertz CT molecular complexity index is 1460. The largest absolute Gasteiger partial charge is 0.481 e. The smallest absolute Gasteiger partial charge is 0.303 e. The van der Waals surface area contributed by atoms with E-state index >= 15 is 0 Å². The lowest BCUT2D eigenvalue weighted by Gasteiger charge is -2.37. The Labute approximate surface area is 309 Å². The lowest BCUT2D eigenvalue weighted by Crippen LogP contribution is -2.61. The van der Waals surface area contributed by atoms with Crippen LogP contribution in [0.5, 0.6) is 0 Å². The summed E-state index contributed by atoms with van der Waals surface area (Å²) in [5, 5.41) is 25.0. The SMILES string of the molecule is Cc1ncsc1-c1ccc(CNC(=O)[C@@H]2C[C@@H](O)CN2C(=O)[C@@H](NC(=O)C2(F)CC2)C(C)(C)SCCCCCCCCCCCCC(=O)O)cc1. The Morgan fingerprint density at radius 2 is 1.63 bits per heavy atom. The molecule has 4 N–H and O–H groups in total. The van der Waals surface area contributed by atoms with Crippen LogP contribution in [0.2, 0.25) is 0 Å². The van der Waals surface area contributed by atoms with E-state index in [0.717, 1.165) is 91.7 Å². The topological polar surface area (TPSA) is 149 Å². The summed E-state index contributed by atoms with van der Waals surface area (Å²) in [6, 6.07) is 5.84. The number of hydrogen-bond acceptors (Lipinski definition) is 8. The van der Waals surface area contributed by atoms with Gasteiger partial charge in [0, 0.05) is 30.7 Å². The van der Waals surface area contributed by atoms with Crippen molar-refractivity contribution in [3.63, 3.8) is 0 Å². The number of carbonyl (C=O) groups excluding carboxylic acids is 3. The van der Waals surface area contributed by atoms with Crippen LogP contribution in [0.1, 0.15) is 115 Å². The molecule has 2 fully saturated rings. The van der Waals surface area contributed by atoms with Crippen LogP contribution in [0.4, 0.5) is 4.39 Å². The first-order valence-electron chi connectivity index (χ1n) is 18.4. The number of aliphatic hydroxyl groups excluding tert-OH is 1. The second kappa shape index (κ2) is 19.2. The molecule has 2 aromatic rings. The fourth-order valence-electron chi connectivity index (χ4n) is 6.47. The van der Waals surface area contributed by atoms with E-state index in [2.05, 4.69) is 15.6 Å². The van der Waals surface area contributed by atoms with E-state index < -0.39 is 46.4 Å². The number of aliphatic hydroxyl groups is 1. The lowest BCUT2D eigenvalue weighted by atomic mass is 10.00. The highest BCUT2D eigenvalue weighted by molar-refractivity contribution is 8.00. The van der Waals surface area contributed by atoms with Crippen molar-refractivity contribution in [3.05, 3.63) is 41.0 Å². The van der Waals surface area contributed by atoms with Gasteiger partial charge in [-0.3, -0.25) is 19.2 Å². The minimum atomic E-state index is -1.96. The van der Waals surface area contributed by atoms with Gasteiger partial charge in [-0.15, -0.1) is 11.3 Å². The van der Waals surface area contributed by atoms with E-state index in [1.165, 1.54) is 4.90 Å². The number of amides is 3. The van der Waals surface area contributed by atoms with Gasteiger partial charge in [0.2, 0.25) is 11.8 Å². The molecule has 13 heteroatoms. The third-order valence-corrected chi connectivity index (χ3v) is 12.3. The summed E-state index contributed by atoms with van der Waals surface area (Å²) in [6.07, 6.45) is 10.1. The number of nitrogens with one attached hydrogen (secondary N) is 2. The second-order valence-corrected chi connectivity index (χ2v) is 17.2. The Hall–Kier alpha value is -3.03. The monoisotopic (exact) mass is 746 g/mol. The van der Waals surface area contributed by atoms with Gasteiger partial charge in [-0.05, 0) is 63.3 Å². The number of aryl methyl sites for hydroxylation is 1. The quantitative estimate of drug-likeness (QED) is 0.0990. The number of aromatic nitrogens is 1. The van der Waals surface area contributed by atoms with Gasteiger partial charge in [0.25, 0.3) is 5.91 Å². The summed E-state index contributed by atoms with van der Waals surface area (Å²) >= 11 is 3.12. The maximum atomic E-state index is 14.9. The predicted octanol–water partition coefficient (Wildman–Crippen LogP) is 6.57. The number of carbonyl (C=O) groups is 4. The van der Waals surface area contributed by atoms with E-state index in [1.807, 2.05) is 50.5 Å². The number of aliphatic carboxylic acids is 1. The van der Waals surface area contributed by atoms with Crippen LogP contribution in [0.15, 0.2) is 29.8 Å². The minimum Gasteiger partial charge on any atom is -0.481 e. The van der Waals surface area contributed by atoms with Gasteiger partial charge in [0.05, 0.1) is 22.2 Å². The van der Waals surface area contributed by atoms with Crippen molar-refractivity contribution in [2.24, 2.45) is 0 Å². The van der Waals surface area contributed by atoms with E-state index in [0.29, 0.717) is 0 Å². The van der Waals surface area contributed by atoms with Crippen LogP contribution in [0, 0.1) is 6.92 Å². The zero-order chi connectivity index (χ0) is 37.0. The first kappa shape index (κ1) is 40.7. The van der Waals surface area contributed by atoms with Crippen molar-refractivity contribution < 1.29 is 33.8 Å². The highest BCUT2D eigenvalue weighted by Gasteiger charge is 2.54. The maximum absolute atomic E-state index is 14.9. The molecule has 0 spiro atoms. The lowest BCUT2D eigenvalue weighted by molar-refractivity contribution is -0.143. The normalized spacial score (nSPS) is 18.7. The molecule has 1 saturated carbocycles. The molecule has 0 bridgehead atoms. The molecule has 10 nitrogen and oxygen atoms in total. The minimum absolute atomic E-state index is 0.0456. The number of hydrogen-bond donors (Lipinski definition) is 4. The number of carboxylic acid groups (broad SMARTS) is 1. The molecule has 1 aliphatic carbocycles. The molecule has 282 valence electrons. The van der Waals surface area contributed by atoms with Crippen LogP contribution in [-0.4, -0.2) is 84.7 Å². The predicted molar refractivity (Wildman–Crippen MR) is 200 cm³/mol. The second-order valence-electron chi connectivity index (χ2n) is 14.6. The average Bonchev–Trinajstić information content (AvgIpc) is 3.50. The van der Waals surface area contributed by atoms with Gasteiger partial charge in [-0.2, -0.15) is 11.8 Å². The molecule has 1 aromatic carbocycles. The Morgan fingerprint density at radius 3 is 2.20 bits per heavy atom. The van der Waals surface area contributed by atoms with Gasteiger partial charge in [-0.25, -0.2) is 9.37 Å². The van der Waals surface area contributed by atoms with Crippen molar-refractivity contribution >= 4 is 46.8 Å². The summed E-state index contributed by atoms with van der Waals surface area (Å²) in [5.74, 6) is -1.65. The fraction of sp³-hybridized carbons (Fsp3) is 0.658. The molecule has 1 aliphatic heterocycles. The number of benzene rings is 1. The number of β-amino-alcohol motifs (C(OH)–C–C–N with tert-alkyl or cyclic N) is 1. The molecule has 1 aromatic heterocycles. The number of thiazole rings is 1. The molecular weight excluding hydrogens is 692 g/mol. The van der Waals surface area contributed by atoms with Gasteiger partial charge < -0.3 is 25.7 Å². The summed E-state index contributed by atoms with van der Waals surface area (Å²) < 4.78 is 14.1. The number of carboxylic acids is 1. The molecule has 3 amide bonds. The van der Waals surface area contributed by atoms with Crippen molar-refractivity contribution in [2.45, 2.75) is 146 Å². The molecule has 0 unspecified atom stereocenters. The number of nitrogens with zero attached hydrogens (tertiary/aromatic N) is 2. The Morgan fingerprint density at radius 1 is 1.02 bits per heavy atom. The molecular formula is C38H55FN4O6S2. The van der Waals surface area contributed by atoms with Crippen molar-refractivity contribution in [3.8, 4) is 10.4 Å². The summed E-state index contributed by atoms with van der Waals surface area (Å²) in [7, 11) is 0. The first-order chi connectivity index (χ1) is 24.3. The number of thioether (sulfide) groups is 1. The van der Waals surface area contributed by atoms with E-state index in [9.17, 15) is 28.7 Å². The van der Waals surface area contributed by atoms with Crippen molar-refractivity contribution in [1.82, 2.24) is 20.5 Å². The summed E-state index contributed by atoms with van der Waals surface area (Å²) in [5.41, 5.74) is 2.74. The molecule has 2 aliphatic rings. The molecule has 2 heterocycles. The van der Waals surface area contributed by atoms with Crippen molar-refractivity contribution in [2.75, 3.05) is 12.3 Å². The Kier molecular flexibility index (Phi) is 15.3. The van der Waals surface area contributed by atoms with E-state index in [4.69, 9.17) is 5.11 Å². The standard InChI is InChI=1S/C38H55FN4O6S2/c1-26-32(50-25-41-26)28-17-15-27(16-18-28)23-40-34(47)30-22-29(44)24-43(30)35(48)33(42-36(49)38(39)19-20-38)37(2,3)51-21-13-11-9-7-5-4-6-8-10-12-14-31(45)46/h15-18,25,29-30,33,44H,4-14,19-24H2,1-3H3,(H,40,47)(H,42,49)(H,45,46)/t29-,30+,33-/m1/s1. The van der Waals surface area contributed by atoms with Crippen LogP contribution >= 0.6 is 23.1 Å². The number of halogens is 1. The third-order valence-electron chi connectivity index (χ3n) is 9.87. The van der Waals surface area contributed by atoms with Crippen LogP contribution in [-0.2, 0) is 25.7 Å². The van der Waals surface area contributed by atoms with Crippen LogP contribution in [0.25, 0.3) is 10.4 Å². The number of rotatable bonds is 22. The summed E-state index contributed by atoms with van der Waals surface area (Å²) in [6.45, 7) is 5.90. The zero-order valence-corrected chi connectivity index (χ0v) is 31.9. The molecule has 1 saturated heterocycles. The third kappa shape index (κ3) is 12.3. The number of likely N-dealkylation sites (tertiary alicyclic amines) is 1. The van der Waals surface area contributed by atoms with Crippen LogP contribution < -0.4 is 10.6 Å². The zero-order valence-electron chi connectivity index (χ0n) is 30.3. The van der Waals surface area contributed by atoms with Crippen LogP contribution in [0.3, 0.4) is 0 Å². The number of unbranched alkanes of at least 4 members (excludes halogenated alkanes) is 9. The number of alkyl halides is 1.